The highest BCUT2D eigenvalue weighted by molar-refractivity contribution is 6.17. The summed E-state index contributed by atoms with van der Waals surface area (Å²) >= 11 is 5.66. The van der Waals surface area contributed by atoms with E-state index in [1.54, 1.807) is 18.2 Å². The van der Waals surface area contributed by atoms with Crippen molar-refractivity contribution in [3.05, 3.63) is 35.4 Å². The lowest BCUT2D eigenvalue weighted by atomic mass is 10.1. The van der Waals surface area contributed by atoms with Gasteiger partial charge in [-0.05, 0) is 17.7 Å². The van der Waals surface area contributed by atoms with Crippen LogP contribution < -0.4 is 11.1 Å². The molecule has 0 aliphatic heterocycles. The van der Waals surface area contributed by atoms with Gasteiger partial charge in [0.25, 0.3) is 5.91 Å². The first-order valence-electron chi connectivity index (χ1n) is 4.85. The van der Waals surface area contributed by atoms with Gasteiger partial charge in [0.15, 0.2) is 0 Å². The number of carbonyl (C=O) groups excluding carboxylic acids is 2. The number of rotatable bonds is 5. The Kier molecular flexibility index (Phi) is 4.79. The Labute approximate surface area is 98.8 Å². The summed E-state index contributed by atoms with van der Waals surface area (Å²) in [5.41, 5.74) is 6.36. The van der Waals surface area contributed by atoms with Crippen molar-refractivity contribution in [1.82, 2.24) is 5.32 Å². The molecule has 0 fully saturated rings. The van der Waals surface area contributed by atoms with Crippen molar-refractivity contribution in [2.75, 3.05) is 6.54 Å². The van der Waals surface area contributed by atoms with Gasteiger partial charge in [-0.2, -0.15) is 0 Å². The Morgan fingerprint density at radius 1 is 1.38 bits per heavy atom. The highest BCUT2D eigenvalue weighted by Gasteiger charge is 2.05. The van der Waals surface area contributed by atoms with Crippen LogP contribution in [0.1, 0.15) is 22.3 Å². The van der Waals surface area contributed by atoms with Gasteiger partial charge in [-0.3, -0.25) is 9.59 Å². The fourth-order valence-electron chi connectivity index (χ4n) is 1.20. The molecule has 0 saturated heterocycles. The van der Waals surface area contributed by atoms with Gasteiger partial charge in [0.1, 0.15) is 0 Å². The molecule has 0 aromatic heterocycles. The van der Waals surface area contributed by atoms with Crippen LogP contribution in [-0.2, 0) is 10.7 Å². The van der Waals surface area contributed by atoms with E-state index in [0.29, 0.717) is 11.4 Å². The molecule has 0 radical (unpaired) electrons. The Balaban J connectivity index is 2.55. The molecule has 1 aromatic carbocycles. The molecule has 3 N–H and O–H groups in total. The van der Waals surface area contributed by atoms with E-state index in [1.165, 1.54) is 0 Å². The highest BCUT2D eigenvalue weighted by atomic mass is 35.5. The van der Waals surface area contributed by atoms with E-state index in [2.05, 4.69) is 5.32 Å². The number of benzene rings is 1. The second-order valence-corrected chi connectivity index (χ2v) is 3.57. The third-order valence-corrected chi connectivity index (χ3v) is 2.31. The van der Waals surface area contributed by atoms with Gasteiger partial charge in [0, 0.05) is 24.4 Å². The number of carbonyl (C=O) groups is 2. The zero-order valence-corrected chi connectivity index (χ0v) is 9.46. The van der Waals surface area contributed by atoms with E-state index in [1.807, 2.05) is 6.07 Å². The molecule has 16 heavy (non-hydrogen) atoms. The minimum absolute atomic E-state index is 0.140. The first kappa shape index (κ1) is 12.5. The van der Waals surface area contributed by atoms with E-state index in [9.17, 15) is 9.59 Å². The minimum atomic E-state index is -0.435. The first-order chi connectivity index (χ1) is 7.63. The molecular formula is C11H13ClN2O2. The topological polar surface area (TPSA) is 72.2 Å². The molecule has 86 valence electrons. The SMILES string of the molecule is NC(=O)CCNC(=O)c1cccc(CCl)c1. The minimum Gasteiger partial charge on any atom is -0.370 e. The lowest BCUT2D eigenvalue weighted by Gasteiger charge is -2.04. The van der Waals surface area contributed by atoms with Crippen LogP contribution in [0.25, 0.3) is 0 Å². The molecule has 5 heteroatoms. The van der Waals surface area contributed by atoms with Crippen LogP contribution in [0.5, 0.6) is 0 Å². The summed E-state index contributed by atoms with van der Waals surface area (Å²) in [4.78, 5) is 22.1. The summed E-state index contributed by atoms with van der Waals surface area (Å²) in [5, 5.41) is 2.60. The Bertz CT molecular complexity index is 393. The molecular weight excluding hydrogens is 228 g/mol. The maximum atomic E-state index is 11.6. The summed E-state index contributed by atoms with van der Waals surface area (Å²) in [6, 6.07) is 7.01. The number of alkyl halides is 1. The van der Waals surface area contributed by atoms with Crippen molar-refractivity contribution in [3.8, 4) is 0 Å². The number of amides is 2. The predicted octanol–water partition coefficient (Wildman–Crippen LogP) is 1.03. The summed E-state index contributed by atoms with van der Waals surface area (Å²) in [5.74, 6) is -0.300. The number of halogens is 1. The summed E-state index contributed by atoms with van der Waals surface area (Å²) in [6.45, 7) is 0.249. The normalized spacial score (nSPS) is 9.81. The first-order valence-corrected chi connectivity index (χ1v) is 5.38. The lowest BCUT2D eigenvalue weighted by molar-refractivity contribution is -0.117. The van der Waals surface area contributed by atoms with Crippen molar-refractivity contribution >= 4 is 23.4 Å². The maximum Gasteiger partial charge on any atom is 0.251 e. The fourth-order valence-corrected chi connectivity index (χ4v) is 1.36. The van der Waals surface area contributed by atoms with Gasteiger partial charge in [0.2, 0.25) is 5.91 Å². The summed E-state index contributed by atoms with van der Waals surface area (Å²) < 4.78 is 0. The van der Waals surface area contributed by atoms with Gasteiger partial charge in [-0.25, -0.2) is 0 Å². The monoisotopic (exact) mass is 240 g/mol. The average Bonchev–Trinajstić information content (AvgIpc) is 2.28. The molecule has 0 aliphatic rings. The average molecular weight is 241 g/mol. The number of nitrogens with one attached hydrogen (secondary N) is 1. The van der Waals surface area contributed by atoms with Crippen LogP contribution in [0.3, 0.4) is 0 Å². The second-order valence-electron chi connectivity index (χ2n) is 3.31. The van der Waals surface area contributed by atoms with Crippen molar-refractivity contribution in [1.29, 1.82) is 0 Å². The molecule has 4 nitrogen and oxygen atoms in total. The Morgan fingerprint density at radius 3 is 2.75 bits per heavy atom. The van der Waals surface area contributed by atoms with E-state index < -0.39 is 5.91 Å². The number of hydrogen-bond acceptors (Lipinski definition) is 2. The Hall–Kier alpha value is -1.55. The smallest absolute Gasteiger partial charge is 0.251 e. The van der Waals surface area contributed by atoms with Crippen LogP contribution in [0.2, 0.25) is 0 Å². The van der Waals surface area contributed by atoms with Gasteiger partial charge >= 0.3 is 0 Å². The third kappa shape index (κ3) is 3.90. The van der Waals surface area contributed by atoms with Crippen LogP contribution in [0, 0.1) is 0 Å². The molecule has 0 heterocycles. The molecule has 0 aliphatic carbocycles. The molecule has 0 bridgehead atoms. The van der Waals surface area contributed by atoms with E-state index in [-0.39, 0.29) is 18.9 Å². The van der Waals surface area contributed by atoms with Crippen LogP contribution >= 0.6 is 11.6 Å². The molecule has 0 atom stereocenters. The van der Waals surface area contributed by atoms with Crippen LogP contribution in [0.4, 0.5) is 0 Å². The van der Waals surface area contributed by atoms with Crippen LogP contribution in [0.15, 0.2) is 24.3 Å². The van der Waals surface area contributed by atoms with Crippen molar-refractivity contribution in [2.24, 2.45) is 5.73 Å². The number of hydrogen-bond donors (Lipinski definition) is 2. The lowest BCUT2D eigenvalue weighted by Crippen LogP contribution is -2.27. The fraction of sp³-hybridized carbons (Fsp3) is 0.273. The predicted molar refractivity (Wildman–Crippen MR) is 62.1 cm³/mol. The van der Waals surface area contributed by atoms with Crippen molar-refractivity contribution < 1.29 is 9.59 Å². The quantitative estimate of drug-likeness (QED) is 0.755. The summed E-state index contributed by atoms with van der Waals surface area (Å²) in [7, 11) is 0. The molecule has 0 unspecified atom stereocenters. The molecule has 0 spiro atoms. The summed E-state index contributed by atoms with van der Waals surface area (Å²) in [6.07, 6.45) is 0.140. The molecule has 2 amide bonds. The number of nitrogens with two attached hydrogens (primary N) is 1. The van der Waals surface area contributed by atoms with Crippen LogP contribution in [-0.4, -0.2) is 18.4 Å². The standard InChI is InChI=1S/C11H13ClN2O2/c12-7-8-2-1-3-9(6-8)11(16)14-5-4-10(13)15/h1-3,6H,4-5,7H2,(H2,13,15)(H,14,16). The molecule has 1 aromatic rings. The largest absolute Gasteiger partial charge is 0.370 e. The van der Waals surface area contributed by atoms with Crippen molar-refractivity contribution in [3.63, 3.8) is 0 Å². The van der Waals surface area contributed by atoms with Gasteiger partial charge < -0.3 is 11.1 Å². The second kappa shape index (κ2) is 6.12. The zero-order valence-electron chi connectivity index (χ0n) is 8.70. The molecule has 1 rings (SSSR count). The maximum absolute atomic E-state index is 11.6. The van der Waals surface area contributed by atoms with Crippen molar-refractivity contribution in [2.45, 2.75) is 12.3 Å². The zero-order chi connectivity index (χ0) is 12.0. The number of primary amides is 1. The van der Waals surface area contributed by atoms with Gasteiger partial charge in [0.05, 0.1) is 0 Å². The van der Waals surface area contributed by atoms with Gasteiger partial charge in [-0.1, -0.05) is 12.1 Å². The Morgan fingerprint density at radius 2 is 2.12 bits per heavy atom. The van der Waals surface area contributed by atoms with E-state index in [0.717, 1.165) is 5.56 Å². The van der Waals surface area contributed by atoms with E-state index in [4.69, 9.17) is 17.3 Å². The molecule has 0 saturated carbocycles. The third-order valence-electron chi connectivity index (χ3n) is 2.00. The van der Waals surface area contributed by atoms with Gasteiger partial charge in [-0.15, -0.1) is 11.6 Å². The van der Waals surface area contributed by atoms with E-state index >= 15 is 0 Å². The highest BCUT2D eigenvalue weighted by Crippen LogP contribution is 2.07.